The van der Waals surface area contributed by atoms with Gasteiger partial charge in [0.2, 0.25) is 0 Å². The van der Waals surface area contributed by atoms with Crippen molar-refractivity contribution in [1.82, 2.24) is 19.9 Å². The maximum Gasteiger partial charge on any atom is 0.170 e. The first-order valence-corrected chi connectivity index (χ1v) is 19.2. The fourth-order valence-electron chi connectivity index (χ4n) is 7.61. The second kappa shape index (κ2) is 14.0. The lowest BCUT2D eigenvalue weighted by atomic mass is 9.95. The van der Waals surface area contributed by atoms with Crippen molar-refractivity contribution in [3.63, 3.8) is 0 Å². The van der Waals surface area contributed by atoms with Gasteiger partial charge in [-0.15, -0.1) is 0 Å². The minimum Gasteiger partial charge on any atom is -0.450 e. The van der Waals surface area contributed by atoms with Gasteiger partial charge >= 0.3 is 0 Å². The van der Waals surface area contributed by atoms with Crippen molar-refractivity contribution >= 4 is 21.8 Å². The molecule has 0 saturated carbocycles. The summed E-state index contributed by atoms with van der Waals surface area (Å²) >= 11 is 0. The summed E-state index contributed by atoms with van der Waals surface area (Å²) in [5.41, 5.74) is 12.2. The van der Waals surface area contributed by atoms with Gasteiger partial charge in [0.1, 0.15) is 0 Å². The molecule has 0 radical (unpaired) electrons. The average molecular weight is 745 g/mol. The van der Waals surface area contributed by atoms with E-state index in [9.17, 15) is 0 Å². The predicted molar refractivity (Wildman–Crippen MR) is 232 cm³/mol. The number of hydrogen-bond donors (Lipinski definition) is 0. The van der Waals surface area contributed by atoms with Gasteiger partial charge in [0, 0.05) is 39.2 Å². The Morgan fingerprint density at radius 1 is 0.293 bits per heavy atom. The molecule has 0 fully saturated rings. The predicted octanol–water partition coefficient (Wildman–Crippen LogP) is 13.5. The molecule has 0 atom stereocenters. The van der Waals surface area contributed by atoms with Gasteiger partial charge in [0.15, 0.2) is 28.8 Å². The summed E-state index contributed by atoms with van der Waals surface area (Å²) < 4.78 is 12.6. The number of rotatable bonds is 6. The van der Waals surface area contributed by atoms with Crippen LogP contribution in [0.4, 0.5) is 0 Å². The zero-order valence-corrected chi connectivity index (χ0v) is 31.1. The Hall–Kier alpha value is -7.96. The Balaban J connectivity index is 1.09. The van der Waals surface area contributed by atoms with Gasteiger partial charge in [-0.2, -0.15) is 0 Å². The first-order valence-electron chi connectivity index (χ1n) is 19.2. The van der Waals surface area contributed by atoms with Crippen LogP contribution in [0.2, 0.25) is 0 Å². The second-order valence-corrected chi connectivity index (χ2v) is 14.3. The smallest absolute Gasteiger partial charge is 0.170 e. The number of nitrogens with zero attached hydrogens (tertiary/aromatic N) is 4. The number of benzene rings is 7. The highest BCUT2D eigenvalue weighted by molar-refractivity contribution is 6.03. The normalized spacial score (nSPS) is 11.7. The molecule has 1 aliphatic heterocycles. The van der Waals surface area contributed by atoms with Gasteiger partial charge in [0.25, 0.3) is 0 Å². The lowest BCUT2D eigenvalue weighted by Gasteiger charge is -2.21. The van der Waals surface area contributed by atoms with Gasteiger partial charge in [-0.05, 0) is 82.9 Å². The molecule has 0 saturated heterocycles. The molecule has 6 nitrogen and oxygen atoms in total. The van der Waals surface area contributed by atoms with E-state index in [1.807, 2.05) is 85.1 Å². The molecule has 0 aliphatic carbocycles. The molecule has 3 aromatic heterocycles. The zero-order valence-electron chi connectivity index (χ0n) is 31.1. The minimum atomic E-state index is 0.645. The topological polar surface area (TPSA) is 70.0 Å². The van der Waals surface area contributed by atoms with E-state index >= 15 is 0 Å². The van der Waals surface area contributed by atoms with E-state index < -0.39 is 0 Å². The Morgan fingerprint density at radius 3 is 1.60 bits per heavy atom. The van der Waals surface area contributed by atoms with Crippen LogP contribution in [0.3, 0.4) is 0 Å². The molecular formula is C52H32N4O2. The minimum absolute atomic E-state index is 0.645. The third-order valence-electron chi connectivity index (χ3n) is 10.6. The van der Waals surface area contributed by atoms with Crippen molar-refractivity contribution in [1.29, 1.82) is 0 Å². The number of pyridine rings is 2. The van der Waals surface area contributed by atoms with Crippen LogP contribution in [-0.2, 0) is 0 Å². The maximum atomic E-state index is 6.36. The Bertz CT molecular complexity index is 3170. The van der Waals surface area contributed by atoms with Crippen LogP contribution in [0.15, 0.2) is 194 Å². The standard InChI is InChI=1S/C52H32N4O2/c1-3-10-33(11-4-1)34-17-19-35(20-18-34)44-32-45(56-52(55-44)38-12-5-2-6-13-38)42-29-40(39-24-26-48-49(31-39)58-47-16-8-7-15-46(47)57-48)28-41(30-42)43-25-23-37-22-21-36-14-9-27-53-50(36)51(37)54-43/h1-32H. The summed E-state index contributed by atoms with van der Waals surface area (Å²) in [6.07, 6.45) is 1.82. The lowest BCUT2D eigenvalue weighted by molar-refractivity contribution is 0.360. The van der Waals surface area contributed by atoms with E-state index in [-0.39, 0.29) is 0 Å². The van der Waals surface area contributed by atoms with Crippen LogP contribution in [0.1, 0.15) is 0 Å². The van der Waals surface area contributed by atoms with E-state index in [2.05, 4.69) is 109 Å². The Morgan fingerprint density at radius 2 is 0.845 bits per heavy atom. The second-order valence-electron chi connectivity index (χ2n) is 14.3. The number of ether oxygens (including phenoxy) is 2. The summed E-state index contributed by atoms with van der Waals surface area (Å²) in [4.78, 5) is 20.4. The Labute approximate surface area is 334 Å². The SMILES string of the molecule is c1ccc(-c2ccc(-c3cc(-c4cc(-c5ccc6c(c5)Oc5ccccc5O6)cc(-c5ccc6ccc7cccnc7c6n5)c4)nc(-c4ccccc4)n3)cc2)cc1. The third kappa shape index (κ3) is 6.19. The molecule has 1 aliphatic rings. The van der Waals surface area contributed by atoms with Crippen LogP contribution in [0.25, 0.3) is 89.2 Å². The van der Waals surface area contributed by atoms with E-state index in [0.717, 1.165) is 77.8 Å². The fourth-order valence-corrected chi connectivity index (χ4v) is 7.61. The molecule has 0 bridgehead atoms. The zero-order chi connectivity index (χ0) is 38.4. The average Bonchev–Trinajstić information content (AvgIpc) is 3.30. The lowest BCUT2D eigenvalue weighted by Crippen LogP contribution is -1.99. The number of hydrogen-bond acceptors (Lipinski definition) is 6. The van der Waals surface area contributed by atoms with Crippen LogP contribution in [0.5, 0.6) is 23.0 Å². The molecule has 6 heteroatoms. The number of para-hydroxylation sites is 2. The summed E-state index contributed by atoms with van der Waals surface area (Å²) in [5, 5.41) is 2.08. The van der Waals surface area contributed by atoms with Crippen molar-refractivity contribution in [3.8, 4) is 90.4 Å². The molecular weight excluding hydrogens is 713 g/mol. The van der Waals surface area contributed by atoms with Gasteiger partial charge < -0.3 is 9.47 Å². The first-order chi connectivity index (χ1) is 28.7. The molecule has 4 heterocycles. The van der Waals surface area contributed by atoms with Gasteiger partial charge in [-0.3, -0.25) is 4.98 Å². The molecule has 272 valence electrons. The highest BCUT2D eigenvalue weighted by Crippen LogP contribution is 2.47. The van der Waals surface area contributed by atoms with E-state index in [1.54, 1.807) is 0 Å². The van der Waals surface area contributed by atoms with Crippen LogP contribution < -0.4 is 9.47 Å². The quantitative estimate of drug-likeness (QED) is 0.158. The van der Waals surface area contributed by atoms with Crippen molar-refractivity contribution in [3.05, 3.63) is 194 Å². The van der Waals surface area contributed by atoms with Crippen molar-refractivity contribution < 1.29 is 9.47 Å². The van der Waals surface area contributed by atoms with Crippen molar-refractivity contribution in [2.24, 2.45) is 0 Å². The number of fused-ring (bicyclic) bond motifs is 5. The number of aromatic nitrogens is 4. The van der Waals surface area contributed by atoms with Crippen molar-refractivity contribution in [2.75, 3.05) is 0 Å². The third-order valence-corrected chi connectivity index (χ3v) is 10.6. The van der Waals surface area contributed by atoms with Crippen LogP contribution >= 0.6 is 0 Å². The monoisotopic (exact) mass is 744 g/mol. The molecule has 11 rings (SSSR count). The molecule has 0 N–H and O–H groups in total. The van der Waals surface area contributed by atoms with E-state index in [0.29, 0.717) is 28.8 Å². The van der Waals surface area contributed by atoms with Gasteiger partial charge in [-0.25, -0.2) is 15.0 Å². The molecule has 10 aromatic rings. The maximum absolute atomic E-state index is 6.36. The van der Waals surface area contributed by atoms with Gasteiger partial charge in [0.05, 0.1) is 28.1 Å². The summed E-state index contributed by atoms with van der Waals surface area (Å²) in [5.74, 6) is 3.34. The first kappa shape index (κ1) is 33.4. The fraction of sp³-hybridized carbons (Fsp3) is 0. The molecule has 0 spiro atoms. The summed E-state index contributed by atoms with van der Waals surface area (Å²) in [6.45, 7) is 0. The summed E-state index contributed by atoms with van der Waals surface area (Å²) in [7, 11) is 0. The highest BCUT2D eigenvalue weighted by atomic mass is 16.6. The van der Waals surface area contributed by atoms with E-state index in [4.69, 9.17) is 29.4 Å². The highest BCUT2D eigenvalue weighted by Gasteiger charge is 2.20. The molecule has 0 amide bonds. The molecule has 58 heavy (non-hydrogen) atoms. The Kier molecular flexibility index (Phi) is 8.04. The molecule has 7 aromatic carbocycles. The van der Waals surface area contributed by atoms with Crippen molar-refractivity contribution in [2.45, 2.75) is 0 Å². The van der Waals surface area contributed by atoms with Crippen LogP contribution in [-0.4, -0.2) is 19.9 Å². The summed E-state index contributed by atoms with van der Waals surface area (Å²) in [6, 6.07) is 63.9. The van der Waals surface area contributed by atoms with Gasteiger partial charge in [-0.1, -0.05) is 127 Å². The van der Waals surface area contributed by atoms with Crippen LogP contribution in [0, 0.1) is 0 Å². The van der Waals surface area contributed by atoms with E-state index in [1.165, 1.54) is 5.56 Å². The molecule has 0 unspecified atom stereocenters. The largest absolute Gasteiger partial charge is 0.450 e.